The molecule has 1 aromatic carbocycles. The monoisotopic (exact) mass is 338 g/mol. The Kier molecular flexibility index (Phi) is 4.94. The third-order valence-electron chi connectivity index (χ3n) is 3.85. The predicted molar refractivity (Wildman–Crippen MR) is 113 cm³/mol. The highest BCUT2D eigenvalue weighted by Gasteiger charge is 2.16. The smallest absolute Gasteiger partial charge is 0.0996 e. The van der Waals surface area contributed by atoms with Crippen LogP contribution >= 0.6 is 0 Å². The minimum Gasteiger partial charge on any atom is -0.254 e. The molecule has 0 radical (unpaired) electrons. The van der Waals surface area contributed by atoms with Gasteiger partial charge in [-0.25, -0.2) is 9.97 Å². The zero-order chi connectivity index (χ0) is 18.5. The van der Waals surface area contributed by atoms with Crippen molar-refractivity contribution >= 4 is 52.1 Å². The highest BCUT2D eigenvalue weighted by atomic mass is 14.9. The summed E-state index contributed by atoms with van der Waals surface area (Å²) in [6.45, 7) is 15.2. The van der Waals surface area contributed by atoms with E-state index in [1.807, 2.05) is 24.3 Å². The van der Waals surface area contributed by atoms with E-state index in [1.54, 1.807) is 36.7 Å². The van der Waals surface area contributed by atoms with Gasteiger partial charge in [-0.15, -0.1) is 0 Å². The van der Waals surface area contributed by atoms with Gasteiger partial charge in [0, 0.05) is 23.4 Å². The lowest BCUT2D eigenvalue weighted by molar-refractivity contribution is 1.24. The maximum absolute atomic E-state index is 4.81. The van der Waals surface area contributed by atoms with E-state index in [1.165, 1.54) is 0 Å². The van der Waals surface area contributed by atoms with E-state index in [0.29, 0.717) is 16.9 Å². The Morgan fingerprint density at radius 1 is 0.885 bits per heavy atom. The maximum atomic E-state index is 4.81. The minimum atomic E-state index is 0.681. The highest BCUT2D eigenvalue weighted by Crippen LogP contribution is 2.36. The van der Waals surface area contributed by atoms with Crippen molar-refractivity contribution in [2.24, 2.45) is 4.99 Å². The molecule has 0 amide bonds. The molecule has 126 valence electrons. The van der Waals surface area contributed by atoms with Crippen molar-refractivity contribution in [3.05, 3.63) is 79.8 Å². The topological polar surface area (TPSA) is 51.0 Å². The average Bonchev–Trinajstić information content (AvgIpc) is 2.69. The average molecular weight is 338 g/mol. The first-order valence-corrected chi connectivity index (χ1v) is 8.06. The van der Waals surface area contributed by atoms with Gasteiger partial charge >= 0.3 is 0 Å². The summed E-state index contributed by atoms with van der Waals surface area (Å²) in [6, 6.07) is 3.84. The number of hydrogen-bond donors (Lipinski definition) is 0. The van der Waals surface area contributed by atoms with Gasteiger partial charge in [-0.05, 0) is 24.3 Å². The first-order valence-electron chi connectivity index (χ1n) is 8.06. The lowest BCUT2D eigenvalue weighted by atomic mass is 10.0. The molecule has 0 saturated carbocycles. The molecule has 2 heterocycles. The van der Waals surface area contributed by atoms with Crippen LogP contribution in [0.2, 0.25) is 0 Å². The maximum Gasteiger partial charge on any atom is 0.0996 e. The van der Waals surface area contributed by atoms with E-state index in [-0.39, 0.29) is 0 Å². The highest BCUT2D eigenvalue weighted by molar-refractivity contribution is 6.13. The Balaban J connectivity index is 2.54. The van der Waals surface area contributed by atoms with Crippen molar-refractivity contribution in [2.75, 3.05) is 0 Å². The van der Waals surface area contributed by atoms with Crippen LogP contribution in [0.5, 0.6) is 0 Å². The van der Waals surface area contributed by atoms with Gasteiger partial charge in [-0.1, -0.05) is 50.6 Å². The molecule has 0 spiro atoms. The number of benzene rings is 1. The summed E-state index contributed by atoms with van der Waals surface area (Å²) in [5, 5.41) is 0.876. The molecule has 4 nitrogen and oxygen atoms in total. The van der Waals surface area contributed by atoms with Crippen molar-refractivity contribution in [3.63, 3.8) is 0 Å². The molecule has 3 rings (SSSR count). The summed E-state index contributed by atoms with van der Waals surface area (Å²) in [5.41, 5.74) is 5.07. The number of nitrogens with zero attached hydrogens (tertiary/aromatic N) is 4. The van der Waals surface area contributed by atoms with Gasteiger partial charge in [-0.2, -0.15) is 0 Å². The molecule has 0 bridgehead atoms. The second kappa shape index (κ2) is 7.49. The van der Waals surface area contributed by atoms with E-state index in [9.17, 15) is 0 Å². The van der Waals surface area contributed by atoms with Crippen molar-refractivity contribution in [1.82, 2.24) is 15.0 Å². The molecule has 0 saturated heterocycles. The van der Waals surface area contributed by atoms with Gasteiger partial charge in [0.2, 0.25) is 0 Å². The quantitative estimate of drug-likeness (QED) is 0.336. The van der Waals surface area contributed by atoms with Crippen molar-refractivity contribution in [1.29, 1.82) is 0 Å². The number of pyridine rings is 1. The summed E-state index contributed by atoms with van der Waals surface area (Å²) in [7, 11) is 0. The number of aromatic nitrogens is 3. The van der Waals surface area contributed by atoms with E-state index in [2.05, 4.69) is 36.3 Å². The first-order chi connectivity index (χ1) is 12.7. The fraction of sp³-hybridized carbons (Fsp3) is 0. The van der Waals surface area contributed by atoms with Crippen LogP contribution in [0.4, 0.5) is 5.69 Å². The molecule has 26 heavy (non-hydrogen) atoms. The molecule has 0 aliphatic carbocycles. The number of aliphatic imine (C=N–C) groups is 1. The molecular formula is C22H18N4. The van der Waals surface area contributed by atoms with Gasteiger partial charge in [0.25, 0.3) is 0 Å². The van der Waals surface area contributed by atoms with E-state index < -0.39 is 0 Å². The molecule has 0 atom stereocenters. The SMILES string of the molecule is C=CC=Nc1c(C=C)c2nc(C=C)c(/C=C\C=C)nc2c2cccnc12. The molecular weight excluding hydrogens is 320 g/mol. The Morgan fingerprint density at radius 3 is 2.38 bits per heavy atom. The van der Waals surface area contributed by atoms with Gasteiger partial charge in [0.15, 0.2) is 0 Å². The lowest BCUT2D eigenvalue weighted by Crippen LogP contribution is -1.98. The predicted octanol–water partition coefficient (Wildman–Crippen LogP) is 5.55. The molecule has 0 aliphatic heterocycles. The fourth-order valence-electron chi connectivity index (χ4n) is 2.75. The number of rotatable bonds is 6. The van der Waals surface area contributed by atoms with Crippen LogP contribution in [0.3, 0.4) is 0 Å². The third-order valence-corrected chi connectivity index (χ3v) is 3.85. The minimum absolute atomic E-state index is 0.681. The zero-order valence-electron chi connectivity index (χ0n) is 14.4. The Hall–Kier alpha value is -3.66. The van der Waals surface area contributed by atoms with Crippen LogP contribution in [-0.4, -0.2) is 21.2 Å². The summed E-state index contributed by atoms with van der Waals surface area (Å²) in [4.78, 5) is 18.6. The number of hydrogen-bond acceptors (Lipinski definition) is 4. The van der Waals surface area contributed by atoms with Crippen molar-refractivity contribution in [2.45, 2.75) is 0 Å². The van der Waals surface area contributed by atoms with E-state index >= 15 is 0 Å². The standard InChI is InChI=1S/C22H18N4/c1-5-9-12-18-17(8-4)25-21-15(7-3)19(23-13-6-2)20-16(22(21)26-18)11-10-14-24-20/h5-14H,1-4H2/b12-9-,23-13?. The van der Waals surface area contributed by atoms with Crippen molar-refractivity contribution in [3.8, 4) is 0 Å². The molecule has 3 aromatic rings. The Labute approximate surface area is 152 Å². The van der Waals surface area contributed by atoms with Gasteiger partial charge < -0.3 is 0 Å². The Morgan fingerprint density at radius 2 is 1.69 bits per heavy atom. The molecule has 2 aromatic heterocycles. The normalized spacial score (nSPS) is 11.4. The van der Waals surface area contributed by atoms with E-state index in [4.69, 9.17) is 9.97 Å². The van der Waals surface area contributed by atoms with Gasteiger partial charge in [0.1, 0.15) is 0 Å². The van der Waals surface area contributed by atoms with Gasteiger partial charge in [-0.3, -0.25) is 9.98 Å². The Bertz CT molecular complexity index is 1100. The zero-order valence-corrected chi connectivity index (χ0v) is 14.4. The summed E-state index contributed by atoms with van der Waals surface area (Å²) in [6.07, 6.45) is 13.8. The van der Waals surface area contributed by atoms with Crippen LogP contribution < -0.4 is 0 Å². The summed E-state index contributed by atoms with van der Waals surface area (Å²) in [5.74, 6) is 0. The molecule has 0 N–H and O–H groups in total. The van der Waals surface area contributed by atoms with Crippen LogP contribution in [0.15, 0.2) is 67.9 Å². The molecule has 4 heteroatoms. The molecule has 0 aliphatic rings. The van der Waals surface area contributed by atoms with Crippen LogP contribution in [0.1, 0.15) is 17.0 Å². The molecule has 0 unspecified atom stereocenters. The number of allylic oxidation sites excluding steroid dienone is 3. The summed E-state index contributed by atoms with van der Waals surface area (Å²) < 4.78 is 0. The van der Waals surface area contributed by atoms with E-state index in [0.717, 1.165) is 27.7 Å². The summed E-state index contributed by atoms with van der Waals surface area (Å²) >= 11 is 0. The first kappa shape index (κ1) is 17.2. The van der Waals surface area contributed by atoms with Gasteiger partial charge in [0.05, 0.1) is 33.6 Å². The molecule has 0 fully saturated rings. The van der Waals surface area contributed by atoms with Crippen LogP contribution in [0, 0.1) is 0 Å². The third kappa shape index (κ3) is 2.89. The van der Waals surface area contributed by atoms with Crippen molar-refractivity contribution < 1.29 is 0 Å². The number of fused-ring (bicyclic) bond motifs is 3. The second-order valence-corrected chi connectivity index (χ2v) is 5.37. The second-order valence-electron chi connectivity index (χ2n) is 5.37. The lowest BCUT2D eigenvalue weighted by Gasteiger charge is -2.12. The van der Waals surface area contributed by atoms with Crippen LogP contribution in [-0.2, 0) is 0 Å². The fourth-order valence-corrected chi connectivity index (χ4v) is 2.75. The van der Waals surface area contributed by atoms with Crippen LogP contribution in [0.25, 0.3) is 40.2 Å². The largest absolute Gasteiger partial charge is 0.254 e.